The number of hydrogen-bond donors (Lipinski definition) is 1. The maximum Gasteiger partial charge on any atom is 0.329 e. The highest BCUT2D eigenvalue weighted by Gasteiger charge is 2.25. The van der Waals surface area contributed by atoms with Crippen molar-refractivity contribution in [3.05, 3.63) is 83.9 Å². The minimum Gasteiger partial charge on any atom is -0.480 e. The molecule has 0 saturated carbocycles. The van der Waals surface area contributed by atoms with Crippen molar-refractivity contribution in [2.24, 2.45) is 0 Å². The van der Waals surface area contributed by atoms with Crippen LogP contribution < -0.4 is 0 Å². The number of benzene rings is 2. The molecule has 0 spiro atoms. The number of nitrogens with zero attached hydrogens (tertiary/aromatic N) is 2. The van der Waals surface area contributed by atoms with Gasteiger partial charge in [0.15, 0.2) is 0 Å². The maximum absolute atomic E-state index is 10.4. The van der Waals surface area contributed by atoms with Crippen LogP contribution in [0.3, 0.4) is 0 Å². The number of carboxylic acid groups (broad SMARTS) is 1. The third-order valence-electron chi connectivity index (χ3n) is 4.97. The van der Waals surface area contributed by atoms with E-state index in [-0.39, 0.29) is 37.5 Å². The second-order valence-corrected chi connectivity index (χ2v) is 6.94. The van der Waals surface area contributed by atoms with Gasteiger partial charge in [0.05, 0.1) is 12.6 Å². The van der Waals surface area contributed by atoms with Crippen LogP contribution in [0.5, 0.6) is 0 Å². The van der Waals surface area contributed by atoms with E-state index in [1.807, 2.05) is 6.08 Å². The van der Waals surface area contributed by atoms with E-state index in [9.17, 15) is 4.79 Å². The zero-order chi connectivity index (χ0) is 19.6. The predicted molar refractivity (Wildman–Crippen MR) is 125 cm³/mol. The number of carbonyl (C=O) groups is 1. The maximum atomic E-state index is 10.4. The van der Waals surface area contributed by atoms with Gasteiger partial charge >= 0.3 is 5.97 Å². The lowest BCUT2D eigenvalue weighted by Gasteiger charge is -2.39. The van der Waals surface area contributed by atoms with E-state index in [0.29, 0.717) is 6.61 Å². The molecule has 0 aromatic heterocycles. The first kappa shape index (κ1) is 26.1. The highest BCUT2D eigenvalue weighted by atomic mass is 35.5. The Morgan fingerprint density at radius 1 is 0.900 bits per heavy atom. The molecule has 1 heterocycles. The van der Waals surface area contributed by atoms with Crippen molar-refractivity contribution < 1.29 is 14.6 Å². The Labute approximate surface area is 191 Å². The molecule has 0 amide bonds. The lowest BCUT2D eigenvalue weighted by molar-refractivity contribution is -0.141. The van der Waals surface area contributed by atoms with E-state index >= 15 is 0 Å². The van der Waals surface area contributed by atoms with Crippen LogP contribution in [0.1, 0.15) is 17.2 Å². The monoisotopic (exact) mass is 452 g/mol. The van der Waals surface area contributed by atoms with Gasteiger partial charge in [0.1, 0.15) is 6.61 Å². The molecular formula is C23H30Cl2N2O3. The Kier molecular flexibility index (Phi) is 12.4. The SMILES string of the molecule is Cl.Cl.O=C(O)COCC=CCN1CCN(C(c2ccccc2)c2ccccc2)CC1. The first-order valence-electron chi connectivity index (χ1n) is 9.75. The summed E-state index contributed by atoms with van der Waals surface area (Å²) in [5.41, 5.74) is 2.66. The van der Waals surface area contributed by atoms with E-state index in [0.717, 1.165) is 32.7 Å². The van der Waals surface area contributed by atoms with Crippen molar-refractivity contribution >= 4 is 30.8 Å². The molecule has 1 aliphatic heterocycles. The predicted octanol–water partition coefficient (Wildman–Crippen LogP) is 3.89. The topological polar surface area (TPSA) is 53.0 Å². The molecule has 7 heteroatoms. The van der Waals surface area contributed by atoms with Gasteiger partial charge in [-0.1, -0.05) is 72.8 Å². The summed E-state index contributed by atoms with van der Waals surface area (Å²) in [6.07, 6.45) is 3.95. The highest BCUT2D eigenvalue weighted by molar-refractivity contribution is 5.85. The molecule has 1 N–H and O–H groups in total. The summed E-state index contributed by atoms with van der Waals surface area (Å²) in [5, 5.41) is 8.55. The van der Waals surface area contributed by atoms with Crippen LogP contribution in [0, 0.1) is 0 Å². The zero-order valence-corrected chi connectivity index (χ0v) is 18.6. The molecule has 1 saturated heterocycles. The summed E-state index contributed by atoms with van der Waals surface area (Å²) in [7, 11) is 0. The normalized spacial score (nSPS) is 15.0. The van der Waals surface area contributed by atoms with Crippen molar-refractivity contribution in [2.45, 2.75) is 6.04 Å². The van der Waals surface area contributed by atoms with Crippen LogP contribution in [0.4, 0.5) is 0 Å². The fraction of sp³-hybridized carbons (Fsp3) is 0.348. The van der Waals surface area contributed by atoms with Gasteiger partial charge in [0.2, 0.25) is 0 Å². The summed E-state index contributed by atoms with van der Waals surface area (Å²) in [4.78, 5) is 15.4. The van der Waals surface area contributed by atoms with Gasteiger partial charge < -0.3 is 9.84 Å². The summed E-state index contributed by atoms with van der Waals surface area (Å²) in [5.74, 6) is -0.934. The third-order valence-corrected chi connectivity index (χ3v) is 4.97. The van der Waals surface area contributed by atoms with Crippen LogP contribution >= 0.6 is 24.8 Å². The molecule has 1 fully saturated rings. The lowest BCUT2D eigenvalue weighted by atomic mass is 9.96. The Morgan fingerprint density at radius 3 is 1.93 bits per heavy atom. The smallest absolute Gasteiger partial charge is 0.329 e. The molecule has 0 bridgehead atoms. The van der Waals surface area contributed by atoms with Crippen molar-refractivity contribution in [3.8, 4) is 0 Å². The van der Waals surface area contributed by atoms with Gasteiger partial charge in [-0.15, -0.1) is 24.8 Å². The van der Waals surface area contributed by atoms with Crippen molar-refractivity contribution in [1.29, 1.82) is 0 Å². The number of hydrogen-bond acceptors (Lipinski definition) is 4. The Balaban J connectivity index is 0.00000225. The van der Waals surface area contributed by atoms with Crippen molar-refractivity contribution in [2.75, 3.05) is 45.9 Å². The largest absolute Gasteiger partial charge is 0.480 e. The van der Waals surface area contributed by atoms with Crippen LogP contribution in [0.25, 0.3) is 0 Å². The summed E-state index contributed by atoms with van der Waals surface area (Å²) >= 11 is 0. The Hall–Kier alpha value is -1.89. The van der Waals surface area contributed by atoms with Crippen LogP contribution in [0.15, 0.2) is 72.8 Å². The molecule has 2 aromatic rings. The quantitative estimate of drug-likeness (QED) is 0.461. The van der Waals surface area contributed by atoms with E-state index in [1.165, 1.54) is 11.1 Å². The molecule has 5 nitrogen and oxygen atoms in total. The Morgan fingerprint density at radius 2 is 1.43 bits per heavy atom. The fourth-order valence-corrected chi connectivity index (χ4v) is 3.59. The van der Waals surface area contributed by atoms with E-state index in [1.54, 1.807) is 0 Å². The van der Waals surface area contributed by atoms with Crippen molar-refractivity contribution in [1.82, 2.24) is 9.80 Å². The second kappa shape index (κ2) is 14.2. The number of carboxylic acids is 1. The molecule has 0 radical (unpaired) electrons. The number of halogens is 2. The summed E-state index contributed by atoms with van der Waals surface area (Å²) in [6, 6.07) is 21.7. The minimum atomic E-state index is -0.934. The second-order valence-electron chi connectivity index (χ2n) is 6.94. The molecule has 0 atom stereocenters. The number of ether oxygens (including phenoxy) is 1. The fourth-order valence-electron chi connectivity index (χ4n) is 3.59. The molecular weight excluding hydrogens is 423 g/mol. The minimum absolute atomic E-state index is 0. The van der Waals surface area contributed by atoms with Crippen LogP contribution in [0.2, 0.25) is 0 Å². The molecule has 2 aromatic carbocycles. The van der Waals surface area contributed by atoms with Crippen LogP contribution in [-0.4, -0.2) is 66.8 Å². The molecule has 3 rings (SSSR count). The van der Waals surface area contributed by atoms with Gasteiger partial charge in [-0.25, -0.2) is 4.79 Å². The van der Waals surface area contributed by atoms with E-state index in [4.69, 9.17) is 9.84 Å². The summed E-state index contributed by atoms with van der Waals surface area (Å²) < 4.78 is 5.02. The van der Waals surface area contributed by atoms with Gasteiger partial charge in [0.25, 0.3) is 0 Å². The Bertz CT molecular complexity index is 712. The standard InChI is InChI=1S/C23H28N2O3.2ClH/c26-22(27)19-28-18-8-7-13-24-14-16-25(17-15-24)23(20-9-3-1-4-10-20)21-11-5-2-6-12-21;;/h1-12,23H,13-19H2,(H,26,27);2*1H. The molecule has 1 aliphatic rings. The average Bonchev–Trinajstić information content (AvgIpc) is 2.73. The van der Waals surface area contributed by atoms with Gasteiger partial charge in [-0.05, 0) is 11.1 Å². The zero-order valence-electron chi connectivity index (χ0n) is 16.9. The molecule has 0 aliphatic carbocycles. The van der Waals surface area contributed by atoms with Gasteiger partial charge in [0, 0.05) is 32.7 Å². The van der Waals surface area contributed by atoms with Gasteiger partial charge in [-0.3, -0.25) is 9.80 Å². The number of aliphatic carboxylic acids is 1. The van der Waals surface area contributed by atoms with E-state index < -0.39 is 5.97 Å². The van der Waals surface area contributed by atoms with E-state index in [2.05, 4.69) is 76.5 Å². The third kappa shape index (κ3) is 8.09. The number of rotatable bonds is 9. The van der Waals surface area contributed by atoms with Crippen molar-refractivity contribution in [3.63, 3.8) is 0 Å². The summed E-state index contributed by atoms with van der Waals surface area (Å²) in [6.45, 7) is 5.01. The van der Waals surface area contributed by atoms with Gasteiger partial charge in [-0.2, -0.15) is 0 Å². The highest BCUT2D eigenvalue weighted by Crippen LogP contribution is 2.29. The first-order valence-corrected chi connectivity index (χ1v) is 9.75. The molecule has 30 heavy (non-hydrogen) atoms. The number of piperazine rings is 1. The molecule has 0 unspecified atom stereocenters. The lowest BCUT2D eigenvalue weighted by Crippen LogP contribution is -2.47. The molecule has 164 valence electrons. The van der Waals surface area contributed by atoms with Crippen LogP contribution in [-0.2, 0) is 9.53 Å². The first-order chi connectivity index (χ1) is 13.7. The average molecular weight is 453 g/mol.